The molecule has 86 valence electrons. The van der Waals surface area contributed by atoms with Gasteiger partial charge in [0.1, 0.15) is 5.75 Å². The first kappa shape index (κ1) is 12.3. The van der Waals surface area contributed by atoms with Gasteiger partial charge >= 0.3 is 0 Å². The second-order valence-electron chi connectivity index (χ2n) is 2.90. The summed E-state index contributed by atoms with van der Waals surface area (Å²) in [5.41, 5.74) is 0.177. The Morgan fingerprint density at radius 3 is 2.75 bits per heavy atom. The maximum atomic E-state index is 11.5. The van der Waals surface area contributed by atoms with Gasteiger partial charge < -0.3 is 20.0 Å². The van der Waals surface area contributed by atoms with Crippen LogP contribution in [0.25, 0.3) is 0 Å². The molecule has 0 aliphatic heterocycles. The van der Waals surface area contributed by atoms with Crippen LogP contribution < -0.4 is 15.2 Å². The van der Waals surface area contributed by atoms with Crippen LogP contribution in [0, 0.1) is 0 Å². The van der Waals surface area contributed by atoms with Crippen LogP contribution in [-0.4, -0.2) is 25.5 Å². The van der Waals surface area contributed by atoms with Gasteiger partial charge in [0.05, 0.1) is 25.2 Å². The predicted molar refractivity (Wildman–Crippen MR) is 55.3 cm³/mol. The number of carbonyl (C=O) groups is 2. The minimum atomic E-state index is -1.37. The standard InChI is InChI=1S/C10H10ClNO4/c1-16-8-3-2-6(11)4-7(8)10(15)12-5-9(13)14/h2-4H,5H2,1H3,(H,12,15)(H,13,14)/p-1. The first-order valence-electron chi connectivity index (χ1n) is 4.36. The summed E-state index contributed by atoms with van der Waals surface area (Å²) in [4.78, 5) is 21.7. The van der Waals surface area contributed by atoms with Crippen molar-refractivity contribution < 1.29 is 19.4 Å². The fraction of sp³-hybridized carbons (Fsp3) is 0.200. The van der Waals surface area contributed by atoms with Crippen LogP contribution in [0.3, 0.4) is 0 Å². The smallest absolute Gasteiger partial charge is 0.255 e. The number of nitrogens with one attached hydrogen (secondary N) is 1. The van der Waals surface area contributed by atoms with Crippen molar-refractivity contribution >= 4 is 23.5 Å². The van der Waals surface area contributed by atoms with E-state index in [1.807, 2.05) is 0 Å². The van der Waals surface area contributed by atoms with Crippen LogP contribution in [-0.2, 0) is 4.79 Å². The Kier molecular flexibility index (Phi) is 4.13. The highest BCUT2D eigenvalue weighted by Gasteiger charge is 2.12. The lowest BCUT2D eigenvalue weighted by atomic mass is 10.2. The molecule has 0 aliphatic carbocycles. The lowest BCUT2D eigenvalue weighted by Crippen LogP contribution is -2.37. The molecule has 1 aromatic rings. The molecule has 1 N–H and O–H groups in total. The first-order valence-corrected chi connectivity index (χ1v) is 4.74. The Morgan fingerprint density at radius 2 is 2.19 bits per heavy atom. The summed E-state index contributed by atoms with van der Waals surface area (Å²) in [7, 11) is 1.40. The zero-order valence-corrected chi connectivity index (χ0v) is 9.21. The molecule has 0 bridgehead atoms. The maximum absolute atomic E-state index is 11.5. The largest absolute Gasteiger partial charge is 0.548 e. The molecule has 1 amide bonds. The molecule has 0 saturated heterocycles. The number of ether oxygens (including phenoxy) is 1. The highest BCUT2D eigenvalue weighted by Crippen LogP contribution is 2.22. The van der Waals surface area contributed by atoms with Crippen LogP contribution in [0.15, 0.2) is 18.2 Å². The summed E-state index contributed by atoms with van der Waals surface area (Å²) >= 11 is 5.72. The Morgan fingerprint density at radius 1 is 1.50 bits per heavy atom. The molecule has 0 fully saturated rings. The number of carboxylic acid groups (broad SMARTS) is 1. The third-order valence-electron chi connectivity index (χ3n) is 1.80. The van der Waals surface area contributed by atoms with Crippen LogP contribution in [0.5, 0.6) is 5.75 Å². The number of carbonyl (C=O) groups excluding carboxylic acids is 2. The molecular formula is C10H9ClNO4-. The Labute approximate surface area is 97.0 Å². The van der Waals surface area contributed by atoms with E-state index in [9.17, 15) is 14.7 Å². The van der Waals surface area contributed by atoms with E-state index >= 15 is 0 Å². The number of hydrogen-bond donors (Lipinski definition) is 1. The van der Waals surface area contributed by atoms with Crippen molar-refractivity contribution in [2.24, 2.45) is 0 Å². The van der Waals surface area contributed by atoms with Gasteiger partial charge in [-0.2, -0.15) is 0 Å². The van der Waals surface area contributed by atoms with Gasteiger partial charge in [-0.25, -0.2) is 0 Å². The summed E-state index contributed by atoms with van der Waals surface area (Å²) in [5.74, 6) is -1.63. The van der Waals surface area contributed by atoms with Crippen LogP contribution in [0.4, 0.5) is 0 Å². The molecule has 0 spiro atoms. The Bertz CT molecular complexity index is 419. The molecule has 0 atom stereocenters. The second kappa shape index (κ2) is 5.37. The zero-order valence-electron chi connectivity index (χ0n) is 8.45. The number of amides is 1. The number of benzene rings is 1. The minimum Gasteiger partial charge on any atom is -0.548 e. The van der Waals surface area contributed by atoms with Gasteiger partial charge in [-0.15, -0.1) is 0 Å². The Balaban J connectivity index is 2.88. The van der Waals surface area contributed by atoms with Crippen molar-refractivity contribution in [2.75, 3.05) is 13.7 Å². The molecule has 6 heteroatoms. The fourth-order valence-corrected chi connectivity index (χ4v) is 1.28. The van der Waals surface area contributed by atoms with Crippen molar-refractivity contribution in [3.8, 4) is 5.75 Å². The van der Waals surface area contributed by atoms with E-state index in [4.69, 9.17) is 16.3 Å². The molecule has 0 heterocycles. The minimum absolute atomic E-state index is 0.177. The molecule has 0 unspecified atom stereocenters. The van der Waals surface area contributed by atoms with Crippen molar-refractivity contribution in [3.05, 3.63) is 28.8 Å². The van der Waals surface area contributed by atoms with Crippen LogP contribution in [0.2, 0.25) is 5.02 Å². The van der Waals surface area contributed by atoms with Crippen molar-refractivity contribution in [3.63, 3.8) is 0 Å². The number of hydrogen-bond acceptors (Lipinski definition) is 4. The monoisotopic (exact) mass is 242 g/mol. The molecule has 0 aromatic heterocycles. The van der Waals surface area contributed by atoms with Crippen LogP contribution in [0.1, 0.15) is 10.4 Å². The first-order chi connectivity index (χ1) is 7.54. The molecule has 16 heavy (non-hydrogen) atoms. The van der Waals surface area contributed by atoms with Crippen molar-refractivity contribution in [2.45, 2.75) is 0 Å². The average Bonchev–Trinajstić information content (AvgIpc) is 2.25. The highest BCUT2D eigenvalue weighted by atomic mass is 35.5. The SMILES string of the molecule is COc1ccc(Cl)cc1C(=O)NCC(=O)[O-]. The third kappa shape index (κ3) is 3.13. The molecule has 5 nitrogen and oxygen atoms in total. The van der Waals surface area contributed by atoms with E-state index in [2.05, 4.69) is 5.32 Å². The van der Waals surface area contributed by atoms with Gasteiger partial charge in [-0.05, 0) is 18.2 Å². The second-order valence-corrected chi connectivity index (χ2v) is 3.34. The average molecular weight is 243 g/mol. The number of halogens is 1. The van der Waals surface area contributed by atoms with Gasteiger partial charge in [-0.1, -0.05) is 11.6 Å². The highest BCUT2D eigenvalue weighted by molar-refractivity contribution is 6.31. The van der Waals surface area contributed by atoms with Gasteiger partial charge in [-0.3, -0.25) is 4.79 Å². The number of carboxylic acids is 1. The molecule has 1 aromatic carbocycles. The summed E-state index contributed by atoms with van der Waals surface area (Å²) < 4.78 is 4.95. The van der Waals surface area contributed by atoms with Gasteiger partial charge in [0.2, 0.25) is 0 Å². The molecule has 1 rings (SSSR count). The van der Waals surface area contributed by atoms with Crippen LogP contribution >= 0.6 is 11.6 Å². The maximum Gasteiger partial charge on any atom is 0.255 e. The molecular weight excluding hydrogens is 234 g/mol. The summed E-state index contributed by atoms with van der Waals surface area (Å²) in [6.07, 6.45) is 0. The van der Waals surface area contributed by atoms with E-state index in [0.717, 1.165) is 0 Å². The molecule has 0 aliphatic rings. The van der Waals surface area contributed by atoms with Gasteiger partial charge in [0, 0.05) is 5.02 Å². The molecule has 0 radical (unpaired) electrons. The van der Waals surface area contributed by atoms with E-state index in [-0.39, 0.29) is 5.56 Å². The number of methoxy groups -OCH3 is 1. The quantitative estimate of drug-likeness (QED) is 0.795. The van der Waals surface area contributed by atoms with Crippen molar-refractivity contribution in [1.29, 1.82) is 0 Å². The van der Waals surface area contributed by atoms with E-state index in [1.165, 1.54) is 19.2 Å². The van der Waals surface area contributed by atoms with E-state index in [1.54, 1.807) is 6.07 Å². The van der Waals surface area contributed by atoms with E-state index in [0.29, 0.717) is 10.8 Å². The number of aliphatic carboxylic acids is 1. The normalized spacial score (nSPS) is 9.62. The topological polar surface area (TPSA) is 78.5 Å². The zero-order chi connectivity index (χ0) is 12.1. The summed E-state index contributed by atoms with van der Waals surface area (Å²) in [6, 6.07) is 4.48. The van der Waals surface area contributed by atoms with Crippen molar-refractivity contribution in [1.82, 2.24) is 5.32 Å². The summed E-state index contributed by atoms with van der Waals surface area (Å²) in [5, 5.41) is 12.7. The Hall–Kier alpha value is -1.75. The van der Waals surface area contributed by atoms with Gasteiger partial charge in [0.25, 0.3) is 5.91 Å². The summed E-state index contributed by atoms with van der Waals surface area (Å²) in [6.45, 7) is -0.561. The number of rotatable bonds is 4. The van der Waals surface area contributed by atoms with Gasteiger partial charge in [0.15, 0.2) is 0 Å². The lowest BCUT2D eigenvalue weighted by molar-refractivity contribution is -0.303. The van der Waals surface area contributed by atoms with E-state index < -0.39 is 18.4 Å². The third-order valence-corrected chi connectivity index (χ3v) is 2.03. The molecule has 0 saturated carbocycles. The fourth-order valence-electron chi connectivity index (χ4n) is 1.11. The lowest BCUT2D eigenvalue weighted by Gasteiger charge is -2.09. The predicted octanol–water partition coefficient (Wildman–Crippen LogP) is -0.172.